The zero-order valence-corrected chi connectivity index (χ0v) is 12.2. The smallest absolute Gasteiger partial charge is 0.241 e. The summed E-state index contributed by atoms with van der Waals surface area (Å²) in [5.74, 6) is 0.618. The van der Waals surface area contributed by atoms with Crippen LogP contribution in [-0.4, -0.2) is 16.9 Å². The van der Waals surface area contributed by atoms with Crippen LogP contribution in [0.5, 0.6) is 0 Å². The molecule has 2 aromatic rings. The van der Waals surface area contributed by atoms with E-state index in [2.05, 4.69) is 10.3 Å². The van der Waals surface area contributed by atoms with Crippen molar-refractivity contribution in [1.29, 1.82) is 0 Å². The molecule has 1 heterocycles. The molecule has 0 aliphatic carbocycles. The van der Waals surface area contributed by atoms with E-state index in [1.807, 2.05) is 38.1 Å². The number of nitrogens with one attached hydrogen (secondary N) is 1. The Kier molecular flexibility index (Phi) is 5.73. The molecule has 108 valence electrons. The molecule has 1 aromatic carbocycles. The number of anilines is 1. The van der Waals surface area contributed by atoms with Crippen molar-refractivity contribution in [3.63, 3.8) is 0 Å². The van der Waals surface area contributed by atoms with Gasteiger partial charge in [-0.15, -0.1) is 12.4 Å². The number of nitrogens with zero attached hydrogens (tertiary/aromatic N) is 1. The molecule has 1 atom stereocenters. The monoisotopic (exact) mass is 295 g/mol. The van der Waals surface area contributed by atoms with Crippen molar-refractivity contribution in [3.05, 3.63) is 36.9 Å². The fourth-order valence-electron chi connectivity index (χ4n) is 1.60. The highest BCUT2D eigenvalue weighted by Gasteiger charge is 2.17. The number of carbonyl (C=O) groups is 1. The van der Waals surface area contributed by atoms with Crippen LogP contribution < -0.4 is 11.1 Å². The molecule has 1 amide bonds. The van der Waals surface area contributed by atoms with E-state index in [9.17, 15) is 4.79 Å². The zero-order chi connectivity index (χ0) is 13.8. The Labute approximate surface area is 124 Å². The topological polar surface area (TPSA) is 81.2 Å². The van der Waals surface area contributed by atoms with Gasteiger partial charge in [0.15, 0.2) is 12.2 Å². The Hall–Kier alpha value is -1.85. The van der Waals surface area contributed by atoms with Gasteiger partial charge in [0.05, 0.1) is 12.2 Å². The highest BCUT2D eigenvalue weighted by Crippen LogP contribution is 2.20. The largest absolute Gasteiger partial charge is 0.444 e. The second kappa shape index (κ2) is 7.07. The summed E-state index contributed by atoms with van der Waals surface area (Å²) in [4.78, 5) is 15.7. The first kappa shape index (κ1) is 16.2. The van der Waals surface area contributed by atoms with Crippen molar-refractivity contribution in [2.24, 2.45) is 11.7 Å². The molecule has 0 saturated heterocycles. The van der Waals surface area contributed by atoms with Gasteiger partial charge in [-0.2, -0.15) is 0 Å². The van der Waals surface area contributed by atoms with Crippen molar-refractivity contribution < 1.29 is 9.21 Å². The van der Waals surface area contributed by atoms with Crippen LogP contribution in [0.3, 0.4) is 0 Å². The lowest BCUT2D eigenvalue weighted by Gasteiger charge is -2.15. The predicted molar refractivity (Wildman–Crippen MR) is 80.6 cm³/mol. The van der Waals surface area contributed by atoms with Gasteiger partial charge in [-0.3, -0.25) is 4.79 Å². The minimum atomic E-state index is -0.506. The van der Waals surface area contributed by atoms with Gasteiger partial charge in [-0.25, -0.2) is 4.98 Å². The van der Waals surface area contributed by atoms with Gasteiger partial charge in [0.2, 0.25) is 5.91 Å². The van der Waals surface area contributed by atoms with Gasteiger partial charge in [0.25, 0.3) is 0 Å². The van der Waals surface area contributed by atoms with Crippen molar-refractivity contribution in [1.82, 2.24) is 4.98 Å². The molecule has 0 bridgehead atoms. The summed E-state index contributed by atoms with van der Waals surface area (Å²) in [5.41, 5.74) is 7.40. The molecular weight excluding hydrogens is 278 g/mol. The predicted octanol–water partition coefficient (Wildman–Crippen LogP) is 2.69. The Morgan fingerprint density at radius 1 is 1.30 bits per heavy atom. The SMILES string of the molecule is CC(C)[C@@H](N)C(=O)Nc1ccc(-c2cnco2)cc1.Cl. The number of oxazole rings is 1. The summed E-state index contributed by atoms with van der Waals surface area (Å²) in [5, 5.41) is 2.79. The average molecular weight is 296 g/mol. The number of halogens is 1. The van der Waals surface area contributed by atoms with Crippen molar-refractivity contribution in [2.75, 3.05) is 5.32 Å². The highest BCUT2D eigenvalue weighted by atomic mass is 35.5. The van der Waals surface area contributed by atoms with Crippen molar-refractivity contribution >= 4 is 24.0 Å². The minimum Gasteiger partial charge on any atom is -0.444 e. The first-order valence-corrected chi connectivity index (χ1v) is 6.13. The summed E-state index contributed by atoms with van der Waals surface area (Å²) >= 11 is 0. The number of hydrogen-bond acceptors (Lipinski definition) is 4. The fraction of sp³-hybridized carbons (Fsp3) is 0.286. The number of benzene rings is 1. The maximum Gasteiger partial charge on any atom is 0.241 e. The quantitative estimate of drug-likeness (QED) is 0.908. The van der Waals surface area contributed by atoms with Crippen LogP contribution in [-0.2, 0) is 4.79 Å². The molecule has 2 rings (SSSR count). The molecule has 0 radical (unpaired) electrons. The Morgan fingerprint density at radius 2 is 1.95 bits per heavy atom. The van der Waals surface area contributed by atoms with Gasteiger partial charge in [0.1, 0.15) is 0 Å². The van der Waals surface area contributed by atoms with Crippen LogP contribution in [0.4, 0.5) is 5.69 Å². The first-order chi connectivity index (χ1) is 9.08. The first-order valence-electron chi connectivity index (χ1n) is 6.13. The molecule has 0 fully saturated rings. The average Bonchev–Trinajstić information content (AvgIpc) is 2.92. The van der Waals surface area contributed by atoms with Crippen LogP contribution in [0.1, 0.15) is 13.8 Å². The van der Waals surface area contributed by atoms with Gasteiger partial charge >= 0.3 is 0 Å². The fourth-order valence-corrected chi connectivity index (χ4v) is 1.60. The van der Waals surface area contributed by atoms with E-state index in [0.29, 0.717) is 11.4 Å². The molecule has 0 spiro atoms. The second-order valence-corrected chi connectivity index (χ2v) is 4.70. The van der Waals surface area contributed by atoms with E-state index in [0.717, 1.165) is 5.56 Å². The third-order valence-electron chi connectivity index (χ3n) is 2.89. The molecule has 0 unspecified atom stereocenters. The summed E-state index contributed by atoms with van der Waals surface area (Å²) in [6, 6.07) is 6.83. The van der Waals surface area contributed by atoms with Crippen molar-refractivity contribution in [3.8, 4) is 11.3 Å². The molecule has 0 saturated carbocycles. The standard InChI is InChI=1S/C14H17N3O2.ClH/c1-9(2)13(15)14(18)17-11-5-3-10(4-6-11)12-7-16-8-19-12;/h3-9,13H,15H2,1-2H3,(H,17,18);1H/t13-;/m1./s1. The molecule has 0 aliphatic rings. The van der Waals surface area contributed by atoms with E-state index >= 15 is 0 Å². The molecular formula is C14H18ClN3O2. The lowest BCUT2D eigenvalue weighted by Crippen LogP contribution is -2.39. The number of nitrogens with two attached hydrogens (primary N) is 1. The van der Waals surface area contributed by atoms with Gasteiger partial charge < -0.3 is 15.5 Å². The summed E-state index contributed by atoms with van der Waals surface area (Å²) in [6.07, 6.45) is 3.02. The zero-order valence-electron chi connectivity index (χ0n) is 11.4. The summed E-state index contributed by atoms with van der Waals surface area (Å²) < 4.78 is 5.19. The van der Waals surface area contributed by atoms with Crippen LogP contribution >= 0.6 is 12.4 Å². The number of rotatable bonds is 4. The van der Waals surface area contributed by atoms with E-state index in [1.165, 1.54) is 6.39 Å². The molecule has 5 nitrogen and oxygen atoms in total. The highest BCUT2D eigenvalue weighted by molar-refractivity contribution is 5.95. The molecule has 0 aliphatic heterocycles. The van der Waals surface area contributed by atoms with Crippen LogP contribution in [0.25, 0.3) is 11.3 Å². The van der Waals surface area contributed by atoms with Crippen molar-refractivity contribution in [2.45, 2.75) is 19.9 Å². The van der Waals surface area contributed by atoms with Crippen LogP contribution in [0.2, 0.25) is 0 Å². The van der Waals surface area contributed by atoms with Gasteiger partial charge in [0, 0.05) is 11.3 Å². The second-order valence-electron chi connectivity index (χ2n) is 4.70. The van der Waals surface area contributed by atoms with E-state index in [1.54, 1.807) is 6.20 Å². The normalized spacial score (nSPS) is 11.8. The minimum absolute atomic E-state index is 0. The van der Waals surface area contributed by atoms with E-state index < -0.39 is 6.04 Å². The third kappa shape index (κ3) is 3.82. The molecule has 3 N–H and O–H groups in total. The maximum atomic E-state index is 11.8. The summed E-state index contributed by atoms with van der Waals surface area (Å²) in [6.45, 7) is 3.83. The van der Waals surface area contributed by atoms with Gasteiger partial charge in [-0.1, -0.05) is 13.8 Å². The van der Waals surface area contributed by atoms with Crippen LogP contribution in [0, 0.1) is 5.92 Å². The number of amides is 1. The number of aromatic nitrogens is 1. The van der Waals surface area contributed by atoms with Gasteiger partial charge in [-0.05, 0) is 30.2 Å². The third-order valence-corrected chi connectivity index (χ3v) is 2.89. The van der Waals surface area contributed by atoms with E-state index in [-0.39, 0.29) is 24.2 Å². The lowest BCUT2D eigenvalue weighted by atomic mass is 10.0. The maximum absolute atomic E-state index is 11.8. The molecule has 20 heavy (non-hydrogen) atoms. The molecule has 6 heteroatoms. The van der Waals surface area contributed by atoms with Crippen LogP contribution in [0.15, 0.2) is 41.3 Å². The Balaban J connectivity index is 0.00000200. The Bertz CT molecular complexity index is 538. The Morgan fingerprint density at radius 3 is 2.45 bits per heavy atom. The number of hydrogen-bond donors (Lipinski definition) is 2. The summed E-state index contributed by atoms with van der Waals surface area (Å²) in [7, 11) is 0. The number of carbonyl (C=O) groups excluding carboxylic acids is 1. The van der Waals surface area contributed by atoms with E-state index in [4.69, 9.17) is 10.2 Å². The molecule has 1 aromatic heterocycles. The lowest BCUT2D eigenvalue weighted by molar-refractivity contribution is -0.118.